The van der Waals surface area contributed by atoms with Gasteiger partial charge in [0.25, 0.3) is 0 Å². The van der Waals surface area contributed by atoms with Crippen molar-refractivity contribution in [2.45, 2.75) is 0 Å². The van der Waals surface area contributed by atoms with Crippen LogP contribution in [0, 0.1) is 0 Å². The molecule has 0 fully saturated rings. The van der Waals surface area contributed by atoms with E-state index in [-0.39, 0.29) is 11.4 Å². The Morgan fingerprint density at radius 2 is 1.48 bits per heavy atom. The molecule has 0 amide bonds. The van der Waals surface area contributed by atoms with Crippen LogP contribution < -0.4 is 4.74 Å². The molecule has 3 aromatic carbocycles. The normalized spacial score (nSPS) is 10.4. The van der Waals surface area contributed by atoms with Crippen LogP contribution in [0.5, 0.6) is 11.5 Å². The molecule has 0 heterocycles. The van der Waals surface area contributed by atoms with E-state index in [1.807, 2.05) is 42.5 Å². The summed E-state index contributed by atoms with van der Waals surface area (Å²) < 4.78 is 5.89. The van der Waals surface area contributed by atoms with Gasteiger partial charge in [0.15, 0.2) is 5.75 Å². The van der Waals surface area contributed by atoms with Gasteiger partial charge in [0.1, 0.15) is 17.1 Å². The summed E-state index contributed by atoms with van der Waals surface area (Å²) in [6.07, 6.45) is 3.06. The van der Waals surface area contributed by atoms with E-state index < -0.39 is 0 Å². The molecular weight excluding hydrogens is 316 g/mol. The lowest BCUT2D eigenvalue weighted by atomic mass is 10.0. The molecule has 0 spiro atoms. The number of ether oxygens (including phenoxy) is 1. The zero-order valence-electron chi connectivity index (χ0n) is 12.9. The number of rotatable bonds is 4. The minimum Gasteiger partial charge on any atom is -0.455 e. The fourth-order valence-corrected chi connectivity index (χ4v) is 3.00. The average Bonchev–Trinajstić information content (AvgIpc) is 2.88. The molecule has 0 N–H and O–H groups in total. The number of hydrogen-bond acceptors (Lipinski definition) is 5. The molecule has 5 nitrogen and oxygen atoms in total. The number of nitrogens with zero attached hydrogens (tertiary/aromatic N) is 2. The largest absolute Gasteiger partial charge is 0.455 e. The van der Waals surface area contributed by atoms with Gasteiger partial charge < -0.3 is 4.74 Å². The van der Waals surface area contributed by atoms with E-state index in [9.17, 15) is 9.59 Å². The van der Waals surface area contributed by atoms with E-state index in [0.29, 0.717) is 11.5 Å². The van der Waals surface area contributed by atoms with Crippen LogP contribution in [-0.2, 0) is 9.59 Å². The SMILES string of the molecule is O=C=Nc1c(Oc2ccccc2)cc2c(c1N=C=O)-c1cccc-2c1. The Morgan fingerprint density at radius 3 is 2.24 bits per heavy atom. The van der Waals surface area contributed by atoms with Gasteiger partial charge in [-0.25, -0.2) is 9.59 Å². The molecule has 0 radical (unpaired) electrons. The van der Waals surface area contributed by atoms with Crippen molar-refractivity contribution in [2.24, 2.45) is 9.98 Å². The van der Waals surface area contributed by atoms with E-state index >= 15 is 0 Å². The molecule has 25 heavy (non-hydrogen) atoms. The molecule has 1 aliphatic rings. The van der Waals surface area contributed by atoms with Crippen LogP contribution in [0.2, 0.25) is 0 Å². The Hall–Kier alpha value is -3.78. The van der Waals surface area contributed by atoms with Crippen LogP contribution in [0.4, 0.5) is 11.4 Å². The molecule has 5 heteroatoms. The number of carbonyl (C=O) groups excluding carboxylic acids is 2. The van der Waals surface area contributed by atoms with Gasteiger partial charge >= 0.3 is 0 Å². The van der Waals surface area contributed by atoms with Gasteiger partial charge in [0, 0.05) is 5.56 Å². The van der Waals surface area contributed by atoms with E-state index in [4.69, 9.17) is 4.74 Å². The van der Waals surface area contributed by atoms with Gasteiger partial charge in [-0.05, 0) is 41.0 Å². The van der Waals surface area contributed by atoms with Crippen molar-refractivity contribution in [3.8, 4) is 33.8 Å². The summed E-state index contributed by atoms with van der Waals surface area (Å²) >= 11 is 0. The van der Waals surface area contributed by atoms with E-state index in [1.165, 1.54) is 6.08 Å². The van der Waals surface area contributed by atoms with Gasteiger partial charge in [0.2, 0.25) is 12.2 Å². The number of para-hydroxylation sites is 1. The molecule has 0 saturated heterocycles. The van der Waals surface area contributed by atoms with Gasteiger partial charge in [-0.2, -0.15) is 9.98 Å². The lowest BCUT2D eigenvalue weighted by Crippen LogP contribution is -1.88. The predicted octanol–water partition coefficient (Wildman–Crippen LogP) is 5.06. The summed E-state index contributed by atoms with van der Waals surface area (Å²) in [6, 6.07) is 18.7. The first-order valence-electron chi connectivity index (χ1n) is 7.52. The Labute approximate surface area is 142 Å². The Kier molecular flexibility index (Phi) is 3.56. The number of hydrogen-bond donors (Lipinski definition) is 0. The maximum Gasteiger partial charge on any atom is 0.240 e. The van der Waals surface area contributed by atoms with Crippen molar-refractivity contribution >= 4 is 23.5 Å². The number of benzene rings is 3. The zero-order valence-corrected chi connectivity index (χ0v) is 12.9. The van der Waals surface area contributed by atoms with Crippen molar-refractivity contribution in [1.82, 2.24) is 0 Å². The minimum absolute atomic E-state index is 0.156. The van der Waals surface area contributed by atoms with Gasteiger partial charge in [-0.1, -0.05) is 36.4 Å². The van der Waals surface area contributed by atoms with Crippen LogP contribution in [0.25, 0.3) is 22.3 Å². The quantitative estimate of drug-likeness (QED) is 0.389. The van der Waals surface area contributed by atoms with E-state index in [0.717, 1.165) is 22.3 Å². The monoisotopic (exact) mass is 326 g/mol. The van der Waals surface area contributed by atoms with Crippen molar-refractivity contribution in [2.75, 3.05) is 0 Å². The maximum atomic E-state index is 11.0. The molecular formula is C20H10N2O3. The lowest BCUT2D eigenvalue weighted by molar-refractivity contribution is 0.484. The molecule has 0 unspecified atom stereocenters. The summed E-state index contributed by atoms with van der Waals surface area (Å²) in [5.74, 6) is 0.903. The first-order chi connectivity index (χ1) is 12.3. The van der Waals surface area contributed by atoms with Gasteiger partial charge in [-0.3, -0.25) is 0 Å². The average molecular weight is 326 g/mol. The smallest absolute Gasteiger partial charge is 0.240 e. The number of isocyanates is 2. The van der Waals surface area contributed by atoms with Gasteiger partial charge in [-0.15, -0.1) is 0 Å². The van der Waals surface area contributed by atoms with Crippen LogP contribution >= 0.6 is 0 Å². The molecule has 3 aromatic rings. The van der Waals surface area contributed by atoms with Crippen LogP contribution in [-0.4, -0.2) is 12.2 Å². The molecule has 0 saturated carbocycles. The van der Waals surface area contributed by atoms with E-state index in [2.05, 4.69) is 9.98 Å². The highest BCUT2D eigenvalue weighted by Gasteiger charge is 2.25. The Balaban J connectivity index is 2.00. The minimum atomic E-state index is 0.156. The highest BCUT2D eigenvalue weighted by molar-refractivity contribution is 6.03. The molecule has 118 valence electrons. The fraction of sp³-hybridized carbons (Fsp3) is 0. The zero-order chi connectivity index (χ0) is 17.2. The van der Waals surface area contributed by atoms with E-state index in [1.54, 1.807) is 24.3 Å². The highest BCUT2D eigenvalue weighted by Crippen LogP contribution is 2.54. The standard InChI is InChI=1S/C20H10N2O3/c23-11-21-19-17(25-15-7-2-1-3-8-15)10-16-13-5-4-6-14(9-13)18(16)20(19)22-12-24/h1-10H. The number of aliphatic imine (C=N–C) groups is 2. The third-order valence-corrected chi connectivity index (χ3v) is 3.99. The first kappa shape index (κ1) is 14.8. The molecule has 2 bridgehead atoms. The summed E-state index contributed by atoms with van der Waals surface area (Å²) in [6.45, 7) is 0. The van der Waals surface area contributed by atoms with Crippen molar-refractivity contribution < 1.29 is 14.3 Å². The number of fused-ring (bicyclic) bond motifs is 5. The summed E-state index contributed by atoms with van der Waals surface area (Å²) in [7, 11) is 0. The molecule has 1 aliphatic carbocycles. The predicted molar refractivity (Wildman–Crippen MR) is 93.0 cm³/mol. The first-order valence-corrected chi connectivity index (χ1v) is 7.52. The second kappa shape index (κ2) is 6.02. The van der Waals surface area contributed by atoms with Crippen LogP contribution in [0.1, 0.15) is 0 Å². The van der Waals surface area contributed by atoms with Crippen LogP contribution in [0.3, 0.4) is 0 Å². The molecule has 0 atom stereocenters. The second-order valence-electron chi connectivity index (χ2n) is 5.40. The van der Waals surface area contributed by atoms with Crippen LogP contribution in [0.15, 0.2) is 70.6 Å². The van der Waals surface area contributed by atoms with Crippen molar-refractivity contribution in [3.63, 3.8) is 0 Å². The van der Waals surface area contributed by atoms with Crippen molar-refractivity contribution in [1.29, 1.82) is 0 Å². The summed E-state index contributed by atoms with van der Waals surface area (Å²) in [4.78, 5) is 29.4. The third-order valence-electron chi connectivity index (χ3n) is 3.99. The maximum absolute atomic E-state index is 11.0. The molecule has 4 rings (SSSR count). The topological polar surface area (TPSA) is 68.1 Å². The van der Waals surface area contributed by atoms with Gasteiger partial charge in [0.05, 0.1) is 0 Å². The molecule has 0 aromatic heterocycles. The Bertz CT molecular complexity index is 1080. The second-order valence-corrected chi connectivity index (χ2v) is 5.40. The Morgan fingerprint density at radius 1 is 0.760 bits per heavy atom. The summed E-state index contributed by atoms with van der Waals surface area (Å²) in [5.41, 5.74) is 3.89. The van der Waals surface area contributed by atoms with Crippen molar-refractivity contribution in [3.05, 3.63) is 60.7 Å². The fourth-order valence-electron chi connectivity index (χ4n) is 3.00. The third kappa shape index (κ3) is 2.46. The highest BCUT2D eigenvalue weighted by atomic mass is 16.5. The lowest BCUT2D eigenvalue weighted by Gasteiger charge is -2.13. The molecule has 0 aliphatic heterocycles. The summed E-state index contributed by atoms with van der Waals surface area (Å²) in [5, 5.41) is 0.